The highest BCUT2D eigenvalue weighted by atomic mass is 35.5. The Kier molecular flexibility index (Phi) is 4.04. The average Bonchev–Trinajstić information content (AvgIpc) is 2.09. The molecule has 0 amide bonds. The van der Waals surface area contributed by atoms with Gasteiger partial charge in [0.05, 0.1) is 6.04 Å². The number of pyridine rings is 1. The Balaban J connectivity index is 2.77. The Morgan fingerprint density at radius 1 is 1.43 bits per heavy atom. The van der Waals surface area contributed by atoms with E-state index in [0.717, 1.165) is 0 Å². The quantitative estimate of drug-likeness (QED) is 0.825. The van der Waals surface area contributed by atoms with Crippen molar-refractivity contribution in [1.29, 1.82) is 0 Å². The van der Waals surface area contributed by atoms with Crippen LogP contribution in [0.4, 0.5) is 8.78 Å². The van der Waals surface area contributed by atoms with Gasteiger partial charge in [-0.05, 0) is 18.1 Å². The Labute approximate surface area is 90.0 Å². The van der Waals surface area contributed by atoms with Gasteiger partial charge in [0.2, 0.25) is 0 Å². The van der Waals surface area contributed by atoms with E-state index in [1.54, 1.807) is 0 Å². The van der Waals surface area contributed by atoms with Crippen LogP contribution in [0.15, 0.2) is 12.3 Å². The lowest BCUT2D eigenvalue weighted by Gasteiger charge is -2.10. The SMILES string of the molecule is NC(Cc1cnc(Cl)cc1Cl)C(F)F. The maximum Gasteiger partial charge on any atom is 0.253 e. The number of rotatable bonds is 3. The van der Waals surface area contributed by atoms with Gasteiger partial charge in [0.25, 0.3) is 6.43 Å². The highest BCUT2D eigenvalue weighted by molar-refractivity contribution is 6.34. The monoisotopic (exact) mass is 240 g/mol. The van der Waals surface area contributed by atoms with Gasteiger partial charge in [0, 0.05) is 11.2 Å². The van der Waals surface area contributed by atoms with Gasteiger partial charge in [-0.1, -0.05) is 23.2 Å². The Morgan fingerprint density at radius 3 is 2.57 bits per heavy atom. The second-order valence-electron chi connectivity index (χ2n) is 2.80. The number of hydrogen-bond donors (Lipinski definition) is 1. The fraction of sp³-hybridized carbons (Fsp3) is 0.375. The van der Waals surface area contributed by atoms with E-state index in [1.807, 2.05) is 0 Å². The molecule has 1 atom stereocenters. The van der Waals surface area contributed by atoms with E-state index in [4.69, 9.17) is 28.9 Å². The molecule has 14 heavy (non-hydrogen) atoms. The first kappa shape index (κ1) is 11.6. The van der Waals surface area contributed by atoms with Crippen LogP contribution in [0.3, 0.4) is 0 Å². The zero-order valence-corrected chi connectivity index (χ0v) is 8.56. The third kappa shape index (κ3) is 3.04. The molecule has 0 aliphatic carbocycles. The van der Waals surface area contributed by atoms with E-state index in [0.29, 0.717) is 10.6 Å². The molecule has 78 valence electrons. The molecule has 0 spiro atoms. The van der Waals surface area contributed by atoms with Crippen molar-refractivity contribution in [3.63, 3.8) is 0 Å². The first-order valence-electron chi connectivity index (χ1n) is 3.84. The van der Waals surface area contributed by atoms with Gasteiger partial charge in [-0.15, -0.1) is 0 Å². The second kappa shape index (κ2) is 4.87. The van der Waals surface area contributed by atoms with Crippen LogP contribution in [0.1, 0.15) is 5.56 Å². The van der Waals surface area contributed by atoms with Crippen molar-refractivity contribution < 1.29 is 8.78 Å². The van der Waals surface area contributed by atoms with Crippen molar-refractivity contribution in [2.45, 2.75) is 18.9 Å². The van der Waals surface area contributed by atoms with E-state index < -0.39 is 12.5 Å². The largest absolute Gasteiger partial charge is 0.323 e. The summed E-state index contributed by atoms with van der Waals surface area (Å²) in [6.07, 6.45) is -1.23. The number of halogens is 4. The molecule has 2 N–H and O–H groups in total. The third-order valence-electron chi connectivity index (χ3n) is 1.68. The summed E-state index contributed by atoms with van der Waals surface area (Å²) in [5, 5.41) is 0.533. The van der Waals surface area contributed by atoms with E-state index in [2.05, 4.69) is 4.98 Å². The summed E-state index contributed by atoms with van der Waals surface area (Å²) in [6, 6.07) is 0.173. The van der Waals surface area contributed by atoms with Crippen molar-refractivity contribution in [3.05, 3.63) is 28.0 Å². The zero-order chi connectivity index (χ0) is 10.7. The van der Waals surface area contributed by atoms with Gasteiger partial charge in [-0.25, -0.2) is 13.8 Å². The van der Waals surface area contributed by atoms with Gasteiger partial charge in [0.15, 0.2) is 0 Å². The molecule has 0 saturated heterocycles. The van der Waals surface area contributed by atoms with E-state index in [-0.39, 0.29) is 11.6 Å². The molecule has 0 saturated carbocycles. The summed E-state index contributed by atoms with van der Waals surface area (Å²) < 4.78 is 24.2. The van der Waals surface area contributed by atoms with Crippen molar-refractivity contribution in [1.82, 2.24) is 4.98 Å². The second-order valence-corrected chi connectivity index (χ2v) is 3.60. The van der Waals surface area contributed by atoms with Gasteiger partial charge in [-0.2, -0.15) is 0 Å². The number of nitrogens with zero attached hydrogens (tertiary/aromatic N) is 1. The van der Waals surface area contributed by atoms with Crippen molar-refractivity contribution >= 4 is 23.2 Å². The van der Waals surface area contributed by atoms with Crippen LogP contribution in [-0.2, 0) is 6.42 Å². The van der Waals surface area contributed by atoms with Gasteiger partial charge >= 0.3 is 0 Å². The molecule has 1 heterocycles. The van der Waals surface area contributed by atoms with Crippen LogP contribution in [-0.4, -0.2) is 17.5 Å². The number of alkyl halides is 2. The van der Waals surface area contributed by atoms with E-state index in [9.17, 15) is 8.78 Å². The van der Waals surface area contributed by atoms with E-state index in [1.165, 1.54) is 12.3 Å². The summed E-state index contributed by atoms with van der Waals surface area (Å²) in [6.45, 7) is 0. The van der Waals surface area contributed by atoms with Crippen LogP contribution >= 0.6 is 23.2 Å². The Morgan fingerprint density at radius 2 is 2.07 bits per heavy atom. The fourth-order valence-corrected chi connectivity index (χ4v) is 1.37. The highest BCUT2D eigenvalue weighted by Gasteiger charge is 2.17. The predicted octanol–water partition coefficient (Wildman–Crippen LogP) is 2.52. The van der Waals surface area contributed by atoms with E-state index >= 15 is 0 Å². The lowest BCUT2D eigenvalue weighted by Crippen LogP contribution is -2.31. The predicted molar refractivity (Wildman–Crippen MR) is 51.9 cm³/mol. The molecule has 0 aliphatic rings. The van der Waals surface area contributed by atoms with Crippen LogP contribution in [0.25, 0.3) is 0 Å². The molecule has 6 heteroatoms. The molecule has 2 nitrogen and oxygen atoms in total. The lowest BCUT2D eigenvalue weighted by molar-refractivity contribution is 0.116. The van der Waals surface area contributed by atoms with Crippen molar-refractivity contribution in [2.24, 2.45) is 5.73 Å². The summed E-state index contributed by atoms with van der Waals surface area (Å²) >= 11 is 11.3. The summed E-state index contributed by atoms with van der Waals surface area (Å²) in [7, 11) is 0. The molecule has 0 fully saturated rings. The minimum Gasteiger partial charge on any atom is -0.323 e. The molecular formula is C8H8Cl2F2N2. The van der Waals surface area contributed by atoms with Crippen LogP contribution in [0.5, 0.6) is 0 Å². The number of nitrogens with two attached hydrogens (primary N) is 1. The summed E-state index contributed by atoms with van der Waals surface area (Å²) in [4.78, 5) is 3.73. The average molecular weight is 241 g/mol. The Bertz CT molecular complexity index is 320. The summed E-state index contributed by atoms with van der Waals surface area (Å²) in [5.41, 5.74) is 5.66. The molecule has 0 aromatic carbocycles. The smallest absolute Gasteiger partial charge is 0.253 e. The van der Waals surface area contributed by atoms with Gasteiger partial charge < -0.3 is 5.73 Å². The molecule has 1 aromatic rings. The number of aromatic nitrogens is 1. The summed E-state index contributed by atoms with van der Waals surface area (Å²) in [5.74, 6) is 0. The Hall–Kier alpha value is -0.450. The normalized spacial score (nSPS) is 13.3. The molecule has 0 bridgehead atoms. The first-order valence-corrected chi connectivity index (χ1v) is 4.60. The first-order chi connectivity index (χ1) is 6.50. The van der Waals surface area contributed by atoms with Crippen molar-refractivity contribution in [2.75, 3.05) is 0 Å². The topological polar surface area (TPSA) is 38.9 Å². The third-order valence-corrected chi connectivity index (χ3v) is 2.23. The molecule has 1 rings (SSSR count). The maximum absolute atomic E-state index is 12.1. The molecule has 0 aliphatic heterocycles. The van der Waals surface area contributed by atoms with Crippen LogP contribution < -0.4 is 5.73 Å². The zero-order valence-electron chi connectivity index (χ0n) is 7.05. The molecule has 1 unspecified atom stereocenters. The number of hydrogen-bond acceptors (Lipinski definition) is 2. The fourth-order valence-electron chi connectivity index (χ4n) is 0.929. The molecule has 0 radical (unpaired) electrons. The van der Waals surface area contributed by atoms with Crippen molar-refractivity contribution in [3.8, 4) is 0 Å². The van der Waals surface area contributed by atoms with Gasteiger partial charge in [0.1, 0.15) is 5.15 Å². The minimum absolute atomic E-state index is 0.0132. The molecular weight excluding hydrogens is 233 g/mol. The van der Waals surface area contributed by atoms with Gasteiger partial charge in [-0.3, -0.25) is 0 Å². The highest BCUT2D eigenvalue weighted by Crippen LogP contribution is 2.20. The maximum atomic E-state index is 12.1. The lowest BCUT2D eigenvalue weighted by atomic mass is 10.1. The standard InChI is InChI=1S/C8H8Cl2F2N2/c9-5-2-7(10)14-3-4(5)1-6(13)8(11)12/h2-3,6,8H,1,13H2. The van der Waals surface area contributed by atoms with Crippen LogP contribution in [0.2, 0.25) is 10.2 Å². The van der Waals surface area contributed by atoms with Crippen LogP contribution in [0, 0.1) is 0 Å². The molecule has 1 aromatic heterocycles. The minimum atomic E-state index is -2.57.